The van der Waals surface area contributed by atoms with Gasteiger partial charge in [0.25, 0.3) is 0 Å². The molecule has 0 aromatic heterocycles. The fourth-order valence-corrected chi connectivity index (χ4v) is 3.42. The molecule has 0 fully saturated rings. The third-order valence-electron chi connectivity index (χ3n) is 4.88. The Kier molecular flexibility index (Phi) is 6.73. The van der Waals surface area contributed by atoms with Gasteiger partial charge in [-0.15, -0.1) is 0 Å². The van der Waals surface area contributed by atoms with Crippen LogP contribution >= 0.6 is 0 Å². The Morgan fingerprint density at radius 3 is 1.86 bits per heavy atom. The van der Waals surface area contributed by atoms with E-state index in [9.17, 15) is 13.6 Å². The number of hydrogen-bond donors (Lipinski definition) is 1. The normalized spacial score (nSPS) is 13.1. The second-order valence-electron chi connectivity index (χ2n) is 7.12. The average molecular weight is 394 g/mol. The third-order valence-corrected chi connectivity index (χ3v) is 4.88. The van der Waals surface area contributed by atoms with Gasteiger partial charge < -0.3 is 5.32 Å². The van der Waals surface area contributed by atoms with Crippen LogP contribution in [0.25, 0.3) is 0 Å². The minimum absolute atomic E-state index is 0.146. The van der Waals surface area contributed by atoms with Crippen LogP contribution in [0.3, 0.4) is 0 Å². The number of likely N-dealkylation sites (N-methyl/N-ethyl adjacent to an activating group) is 1. The summed E-state index contributed by atoms with van der Waals surface area (Å²) < 4.78 is 26.5. The molecule has 3 aromatic carbocycles. The Bertz CT molecular complexity index is 927. The molecule has 1 amide bonds. The Balaban J connectivity index is 1.74. The molecule has 5 heteroatoms. The van der Waals surface area contributed by atoms with Crippen LogP contribution < -0.4 is 5.32 Å². The molecule has 0 spiro atoms. The maximum absolute atomic E-state index is 13.4. The van der Waals surface area contributed by atoms with Gasteiger partial charge in [0.15, 0.2) is 0 Å². The van der Waals surface area contributed by atoms with Crippen molar-refractivity contribution < 1.29 is 13.6 Å². The summed E-state index contributed by atoms with van der Waals surface area (Å²) in [5, 5.41) is 2.95. The van der Waals surface area contributed by atoms with E-state index in [-0.39, 0.29) is 36.2 Å². The highest BCUT2D eigenvalue weighted by molar-refractivity contribution is 5.78. The lowest BCUT2D eigenvalue weighted by molar-refractivity contribution is -0.122. The first kappa shape index (κ1) is 20.7. The number of benzene rings is 3. The number of halogens is 2. The number of rotatable bonds is 7. The lowest BCUT2D eigenvalue weighted by Gasteiger charge is -2.29. The van der Waals surface area contributed by atoms with Crippen LogP contribution in [0, 0.1) is 11.6 Å². The van der Waals surface area contributed by atoms with Crippen molar-refractivity contribution in [3.8, 4) is 0 Å². The lowest BCUT2D eigenvalue weighted by atomic mass is 9.97. The van der Waals surface area contributed by atoms with E-state index in [4.69, 9.17) is 0 Å². The molecule has 0 aliphatic rings. The van der Waals surface area contributed by atoms with E-state index in [0.717, 1.165) is 16.7 Å². The first-order valence-corrected chi connectivity index (χ1v) is 9.49. The van der Waals surface area contributed by atoms with Crippen LogP contribution in [0.15, 0.2) is 78.9 Å². The molecule has 150 valence electrons. The van der Waals surface area contributed by atoms with Crippen LogP contribution in [0.5, 0.6) is 0 Å². The first-order valence-electron chi connectivity index (χ1n) is 9.49. The second-order valence-corrected chi connectivity index (χ2v) is 7.12. The first-order chi connectivity index (χ1) is 13.9. The van der Waals surface area contributed by atoms with E-state index in [1.165, 1.54) is 24.3 Å². The molecular formula is C24H24F2N2O. The fourth-order valence-electron chi connectivity index (χ4n) is 3.42. The summed E-state index contributed by atoms with van der Waals surface area (Å²) in [6.07, 6.45) is 0. The zero-order valence-corrected chi connectivity index (χ0v) is 16.5. The molecule has 0 aliphatic carbocycles. The highest BCUT2D eigenvalue weighted by atomic mass is 19.1. The molecule has 0 saturated carbocycles. The zero-order chi connectivity index (χ0) is 20.8. The Labute approximate surface area is 170 Å². The summed E-state index contributed by atoms with van der Waals surface area (Å²) in [4.78, 5) is 14.6. The van der Waals surface area contributed by atoms with E-state index >= 15 is 0 Å². The van der Waals surface area contributed by atoms with Crippen molar-refractivity contribution in [1.29, 1.82) is 0 Å². The summed E-state index contributed by atoms with van der Waals surface area (Å²) in [5.74, 6) is -0.751. The van der Waals surface area contributed by atoms with Crippen molar-refractivity contribution in [3.63, 3.8) is 0 Å². The largest absolute Gasteiger partial charge is 0.348 e. The minimum atomic E-state index is -0.308. The molecule has 0 saturated heterocycles. The van der Waals surface area contributed by atoms with Gasteiger partial charge in [0, 0.05) is 0 Å². The fraction of sp³-hybridized carbons (Fsp3) is 0.208. The Morgan fingerprint density at radius 2 is 1.31 bits per heavy atom. The highest BCUT2D eigenvalue weighted by Crippen LogP contribution is 2.27. The summed E-state index contributed by atoms with van der Waals surface area (Å²) in [6.45, 7) is 2.02. The number of carbonyl (C=O) groups is 1. The predicted molar refractivity (Wildman–Crippen MR) is 110 cm³/mol. The number of nitrogens with zero attached hydrogens (tertiary/aromatic N) is 1. The Morgan fingerprint density at radius 1 is 0.828 bits per heavy atom. The van der Waals surface area contributed by atoms with Gasteiger partial charge in [-0.1, -0.05) is 54.6 Å². The smallest absolute Gasteiger partial charge is 0.234 e. The van der Waals surface area contributed by atoms with Crippen LogP contribution in [0.4, 0.5) is 8.78 Å². The zero-order valence-electron chi connectivity index (χ0n) is 16.5. The molecule has 0 bridgehead atoms. The van der Waals surface area contributed by atoms with Gasteiger partial charge >= 0.3 is 0 Å². The van der Waals surface area contributed by atoms with Gasteiger partial charge in [-0.25, -0.2) is 8.78 Å². The van der Waals surface area contributed by atoms with Crippen molar-refractivity contribution in [2.24, 2.45) is 0 Å². The van der Waals surface area contributed by atoms with Crippen molar-refractivity contribution in [2.45, 2.75) is 19.0 Å². The molecule has 0 heterocycles. The van der Waals surface area contributed by atoms with Crippen molar-refractivity contribution >= 4 is 5.91 Å². The van der Waals surface area contributed by atoms with Crippen molar-refractivity contribution in [3.05, 3.63) is 107 Å². The molecule has 3 aromatic rings. The Hall–Kier alpha value is -3.05. The highest BCUT2D eigenvalue weighted by Gasteiger charge is 2.22. The van der Waals surface area contributed by atoms with Crippen molar-refractivity contribution in [1.82, 2.24) is 10.2 Å². The predicted octanol–water partition coefficient (Wildman–Crippen LogP) is 4.86. The van der Waals surface area contributed by atoms with E-state index in [0.29, 0.717) is 0 Å². The maximum Gasteiger partial charge on any atom is 0.234 e. The van der Waals surface area contributed by atoms with Crippen LogP contribution in [0.2, 0.25) is 0 Å². The molecular weight excluding hydrogens is 370 g/mol. The van der Waals surface area contributed by atoms with E-state index in [1.807, 2.05) is 49.2 Å². The average Bonchev–Trinajstić information content (AvgIpc) is 2.71. The van der Waals surface area contributed by atoms with Crippen molar-refractivity contribution in [2.75, 3.05) is 13.6 Å². The van der Waals surface area contributed by atoms with Gasteiger partial charge in [0.2, 0.25) is 5.91 Å². The summed E-state index contributed by atoms with van der Waals surface area (Å²) >= 11 is 0. The number of hydrogen-bond acceptors (Lipinski definition) is 2. The molecule has 2 unspecified atom stereocenters. The number of nitrogens with one attached hydrogen (secondary N) is 1. The van der Waals surface area contributed by atoms with Gasteiger partial charge in [0.1, 0.15) is 11.6 Å². The molecule has 0 radical (unpaired) electrons. The van der Waals surface area contributed by atoms with Crippen LogP contribution in [-0.2, 0) is 4.79 Å². The minimum Gasteiger partial charge on any atom is -0.348 e. The summed E-state index contributed by atoms with van der Waals surface area (Å²) in [5.41, 5.74) is 2.75. The van der Waals surface area contributed by atoms with Crippen LogP contribution in [-0.4, -0.2) is 24.4 Å². The maximum atomic E-state index is 13.4. The molecule has 3 rings (SSSR count). The van der Waals surface area contributed by atoms with Gasteiger partial charge in [0.05, 0.1) is 18.6 Å². The summed E-state index contributed by atoms with van der Waals surface area (Å²) in [7, 11) is 1.86. The SMILES string of the molecule is CC(NC(=O)CN(C)C(c1ccccc1)c1ccc(F)cc1)c1ccc(F)cc1. The standard InChI is InChI=1S/C24H24F2N2O/c1-17(18-8-12-21(25)13-9-18)27-23(29)16-28(2)24(19-6-4-3-5-7-19)20-10-14-22(26)15-11-20/h3-15,17,24H,16H2,1-2H3,(H,27,29). The second kappa shape index (κ2) is 9.43. The molecule has 29 heavy (non-hydrogen) atoms. The van der Waals surface area contributed by atoms with Gasteiger partial charge in [-0.05, 0) is 54.9 Å². The molecule has 3 nitrogen and oxygen atoms in total. The topological polar surface area (TPSA) is 32.3 Å². The van der Waals surface area contributed by atoms with Crippen LogP contribution in [0.1, 0.15) is 35.7 Å². The monoisotopic (exact) mass is 394 g/mol. The molecule has 1 N–H and O–H groups in total. The quantitative estimate of drug-likeness (QED) is 0.620. The van der Waals surface area contributed by atoms with Gasteiger partial charge in [-0.3, -0.25) is 9.69 Å². The number of carbonyl (C=O) groups excluding carboxylic acids is 1. The molecule has 2 atom stereocenters. The lowest BCUT2D eigenvalue weighted by Crippen LogP contribution is -2.38. The molecule has 0 aliphatic heterocycles. The van der Waals surface area contributed by atoms with E-state index in [1.54, 1.807) is 24.3 Å². The van der Waals surface area contributed by atoms with E-state index < -0.39 is 0 Å². The summed E-state index contributed by atoms with van der Waals surface area (Å²) in [6, 6.07) is 21.8. The number of amides is 1. The van der Waals surface area contributed by atoms with E-state index in [2.05, 4.69) is 5.32 Å². The van der Waals surface area contributed by atoms with Gasteiger partial charge in [-0.2, -0.15) is 0 Å². The third kappa shape index (κ3) is 5.48.